The number of hydrogen-bond acceptors (Lipinski definition) is 13. The van der Waals surface area contributed by atoms with Crippen molar-refractivity contribution in [2.24, 2.45) is 0 Å². The van der Waals surface area contributed by atoms with Gasteiger partial charge in [0.15, 0.2) is 5.16 Å². The molecule has 13 heteroatoms. The van der Waals surface area contributed by atoms with Crippen molar-refractivity contribution in [2.75, 3.05) is 23.2 Å². The lowest BCUT2D eigenvalue weighted by molar-refractivity contribution is -0.267. The molecule has 4 fully saturated rings. The van der Waals surface area contributed by atoms with Crippen LogP contribution in [0.15, 0.2) is 23.7 Å². The fraction of sp³-hybridized carbons (Fsp3) is 0.864. The summed E-state index contributed by atoms with van der Waals surface area (Å²) in [4.78, 5) is 29.9. The van der Waals surface area contributed by atoms with Crippen LogP contribution in [0.1, 0.15) is 162 Å². The number of rotatable bonds is 9. The number of anilines is 2. The highest BCUT2D eigenvalue weighted by Gasteiger charge is 2.55. The monoisotopic (exact) mass is 814 g/mol. The Morgan fingerprint density at radius 2 is 0.877 bits per heavy atom. The summed E-state index contributed by atoms with van der Waals surface area (Å²) in [6.07, 6.45) is 10.5. The van der Waals surface area contributed by atoms with Gasteiger partial charge in [0, 0.05) is 74.7 Å². The average Bonchev–Trinajstić information content (AvgIpc) is 3.02. The van der Waals surface area contributed by atoms with Gasteiger partial charge in [-0.1, -0.05) is 18.3 Å². The van der Waals surface area contributed by atoms with E-state index in [0.29, 0.717) is 17.1 Å². The number of likely N-dealkylation sites (tertiary alicyclic amines) is 1. The van der Waals surface area contributed by atoms with Gasteiger partial charge in [0.25, 0.3) is 0 Å². The SMILES string of the molecule is C=C=CN1C(C)(C)CC(N(c2nc(SC)nc(N(C3CC(C)(C)N(O)C(C)(C)C3)C3CC(C)(C)N(OC)C(C)(C)C3)n2)C2CC(C)(C)N(O)C(C)(C)C2)CC1(C)C. The van der Waals surface area contributed by atoms with Crippen molar-refractivity contribution in [1.82, 2.24) is 35.0 Å². The van der Waals surface area contributed by atoms with Crippen LogP contribution in [-0.4, -0.2) is 127 Å². The fourth-order valence-electron chi connectivity index (χ4n) is 12.5. The molecule has 324 valence electrons. The van der Waals surface area contributed by atoms with E-state index in [-0.39, 0.29) is 46.3 Å². The van der Waals surface area contributed by atoms with Crippen LogP contribution >= 0.6 is 11.8 Å². The lowest BCUT2D eigenvalue weighted by Gasteiger charge is -2.60. The van der Waals surface area contributed by atoms with Crippen molar-refractivity contribution in [1.29, 1.82) is 0 Å². The normalized spacial score (nSPS) is 27.8. The van der Waals surface area contributed by atoms with Crippen LogP contribution in [0.4, 0.5) is 11.9 Å². The van der Waals surface area contributed by atoms with Crippen LogP contribution < -0.4 is 9.80 Å². The molecule has 0 spiro atoms. The first kappa shape index (κ1) is 46.1. The van der Waals surface area contributed by atoms with Crippen LogP contribution in [0.2, 0.25) is 0 Å². The molecule has 0 saturated carbocycles. The van der Waals surface area contributed by atoms with E-state index in [4.69, 9.17) is 19.8 Å². The van der Waals surface area contributed by atoms with Gasteiger partial charge in [-0.2, -0.15) is 30.1 Å². The second-order valence-corrected chi connectivity index (χ2v) is 23.6. The molecule has 2 N–H and O–H groups in total. The molecule has 4 aliphatic heterocycles. The predicted molar refractivity (Wildman–Crippen MR) is 233 cm³/mol. The predicted octanol–water partition coefficient (Wildman–Crippen LogP) is 8.93. The Kier molecular flexibility index (Phi) is 12.3. The van der Waals surface area contributed by atoms with Gasteiger partial charge in [0.1, 0.15) is 0 Å². The summed E-state index contributed by atoms with van der Waals surface area (Å²) < 4.78 is 0. The standard InChI is InChI=1S/C44H79N9O3S/c1-20-21-48-37(2,3)22-30(23-38(48,4)5)49(31-24-39(6,7)51(54)40(8,9)25-31)34-45-35(47-36(46-34)57-19)50(32-26-41(10,11)52(55)42(12,13)27-32)33-28-43(14,15)53(56-18)44(16,17)29-33/h21,30-33,54-55H,1,22-29H2,2-19H3. The van der Waals surface area contributed by atoms with Crippen LogP contribution in [0.25, 0.3) is 0 Å². The Morgan fingerprint density at radius 3 is 1.16 bits per heavy atom. The maximum Gasteiger partial charge on any atom is 0.231 e. The van der Waals surface area contributed by atoms with Crippen molar-refractivity contribution in [3.8, 4) is 0 Å². The molecule has 5 rings (SSSR count). The van der Waals surface area contributed by atoms with Gasteiger partial charge in [-0.15, -0.1) is 5.73 Å². The quantitative estimate of drug-likeness (QED) is 0.183. The van der Waals surface area contributed by atoms with E-state index in [1.54, 1.807) is 29.0 Å². The third-order valence-corrected chi connectivity index (χ3v) is 14.3. The molecule has 12 nitrogen and oxygen atoms in total. The smallest absolute Gasteiger partial charge is 0.231 e. The van der Waals surface area contributed by atoms with Crippen molar-refractivity contribution < 1.29 is 15.3 Å². The Morgan fingerprint density at radius 1 is 0.579 bits per heavy atom. The van der Waals surface area contributed by atoms with E-state index in [1.807, 2.05) is 6.20 Å². The van der Waals surface area contributed by atoms with Gasteiger partial charge < -0.3 is 30.0 Å². The number of thioether (sulfide) groups is 1. The lowest BCUT2D eigenvalue weighted by atomic mass is 9.74. The molecule has 57 heavy (non-hydrogen) atoms. The highest BCUT2D eigenvalue weighted by atomic mass is 32.2. The molecular weight excluding hydrogens is 735 g/mol. The number of nitrogens with zero attached hydrogens (tertiary/aromatic N) is 9. The summed E-state index contributed by atoms with van der Waals surface area (Å²) in [7, 11) is 1.78. The fourth-order valence-corrected chi connectivity index (χ4v) is 12.9. The van der Waals surface area contributed by atoms with Crippen LogP contribution in [0, 0.1) is 0 Å². The first-order chi connectivity index (χ1) is 25.9. The van der Waals surface area contributed by atoms with Crippen LogP contribution in [0.3, 0.4) is 0 Å². The zero-order valence-corrected chi connectivity index (χ0v) is 39.8. The lowest BCUT2D eigenvalue weighted by Crippen LogP contribution is -2.68. The summed E-state index contributed by atoms with van der Waals surface area (Å²) in [5.41, 5.74) is 0.213. The van der Waals surface area contributed by atoms with Gasteiger partial charge in [-0.05, 0) is 168 Å². The van der Waals surface area contributed by atoms with Gasteiger partial charge in [0.2, 0.25) is 11.9 Å². The minimum atomic E-state index is -0.479. The molecular formula is C44H79N9O3S. The topological polar surface area (TPSA) is 108 Å². The van der Waals surface area contributed by atoms with Gasteiger partial charge in [-0.25, -0.2) is 0 Å². The van der Waals surface area contributed by atoms with E-state index in [0.717, 1.165) is 51.4 Å². The van der Waals surface area contributed by atoms with Crippen molar-refractivity contribution in [3.05, 3.63) is 18.5 Å². The maximum atomic E-state index is 11.5. The maximum absolute atomic E-state index is 11.5. The molecule has 0 amide bonds. The summed E-state index contributed by atoms with van der Waals surface area (Å²) in [5.74, 6) is 1.40. The van der Waals surface area contributed by atoms with E-state index >= 15 is 0 Å². The Bertz CT molecular complexity index is 1600. The molecule has 4 aliphatic rings. The van der Waals surface area contributed by atoms with Crippen molar-refractivity contribution in [3.63, 3.8) is 0 Å². The third kappa shape index (κ3) is 8.79. The molecule has 0 aromatic carbocycles. The average molecular weight is 814 g/mol. The van der Waals surface area contributed by atoms with E-state index in [2.05, 4.69) is 149 Å². The van der Waals surface area contributed by atoms with E-state index in [9.17, 15) is 10.4 Å². The Labute approximate surface area is 350 Å². The molecule has 0 atom stereocenters. The molecule has 0 bridgehead atoms. The molecule has 4 saturated heterocycles. The number of aromatic nitrogens is 3. The largest absolute Gasteiger partial charge is 0.361 e. The molecule has 0 radical (unpaired) electrons. The van der Waals surface area contributed by atoms with Gasteiger partial charge in [-0.3, -0.25) is 0 Å². The molecule has 5 heterocycles. The summed E-state index contributed by atoms with van der Waals surface area (Å²) in [6.45, 7) is 39.5. The number of hydrogen-bond donors (Lipinski definition) is 2. The number of piperidine rings is 4. The zero-order chi connectivity index (χ0) is 43.1. The number of hydroxylamine groups is 6. The third-order valence-electron chi connectivity index (χ3n) is 13.8. The summed E-state index contributed by atoms with van der Waals surface area (Å²) >= 11 is 1.56. The molecule has 1 aromatic rings. The second-order valence-electron chi connectivity index (χ2n) is 22.8. The first-order valence-corrected chi connectivity index (χ1v) is 22.4. The summed E-state index contributed by atoms with van der Waals surface area (Å²) in [5, 5.41) is 29.0. The van der Waals surface area contributed by atoms with Crippen molar-refractivity contribution >= 4 is 23.7 Å². The first-order valence-electron chi connectivity index (χ1n) is 21.2. The van der Waals surface area contributed by atoms with Gasteiger partial charge in [0.05, 0.1) is 7.11 Å². The van der Waals surface area contributed by atoms with Gasteiger partial charge >= 0.3 is 0 Å². The van der Waals surface area contributed by atoms with Crippen molar-refractivity contribution in [2.45, 2.75) is 236 Å². The van der Waals surface area contributed by atoms with E-state index < -0.39 is 22.2 Å². The summed E-state index contributed by atoms with van der Waals surface area (Å²) in [6, 6.07) is 0.282. The second kappa shape index (κ2) is 15.2. The Hall–Kier alpha value is -1.96. The Balaban J connectivity index is 1.75. The highest BCUT2D eigenvalue weighted by molar-refractivity contribution is 7.98. The van der Waals surface area contributed by atoms with Crippen LogP contribution in [0.5, 0.6) is 0 Å². The minimum Gasteiger partial charge on any atom is -0.361 e. The van der Waals surface area contributed by atoms with E-state index in [1.165, 1.54) is 0 Å². The highest BCUT2D eigenvalue weighted by Crippen LogP contribution is 2.49. The zero-order valence-electron chi connectivity index (χ0n) is 39.0. The minimum absolute atomic E-state index is 0.0461. The molecule has 1 aromatic heterocycles. The molecule has 0 unspecified atom stereocenters. The molecule has 0 aliphatic carbocycles. The van der Waals surface area contributed by atoms with Crippen LogP contribution in [-0.2, 0) is 4.84 Å².